The predicted molar refractivity (Wildman–Crippen MR) is 96.9 cm³/mol. The van der Waals surface area contributed by atoms with E-state index in [2.05, 4.69) is 30.9 Å². The summed E-state index contributed by atoms with van der Waals surface area (Å²) in [6.45, 7) is 9.59. The van der Waals surface area contributed by atoms with Gasteiger partial charge in [-0.05, 0) is 50.6 Å². The Morgan fingerprint density at radius 2 is 1.43 bits per heavy atom. The molecule has 0 aliphatic carbocycles. The van der Waals surface area contributed by atoms with Gasteiger partial charge >= 0.3 is 0 Å². The fourth-order valence-corrected chi connectivity index (χ4v) is 2.72. The Bertz CT molecular complexity index is 603. The molecule has 0 radical (unpaired) electrons. The fraction of sp³-hybridized carbons (Fsp3) is 0.350. The van der Waals surface area contributed by atoms with Gasteiger partial charge in [-0.1, -0.05) is 30.3 Å². The molecule has 0 atom stereocenters. The van der Waals surface area contributed by atoms with Crippen LogP contribution in [0.2, 0.25) is 0 Å². The molecule has 0 saturated heterocycles. The lowest BCUT2D eigenvalue weighted by molar-refractivity contribution is 0.0752. The Morgan fingerprint density at radius 1 is 0.826 bits per heavy atom. The smallest absolute Gasteiger partial charge is 0.254 e. The number of carbonyl (C=O) groups excluding carboxylic acids is 1. The van der Waals surface area contributed by atoms with Crippen molar-refractivity contribution in [3.05, 3.63) is 65.7 Å². The number of amides is 1. The number of benzene rings is 2. The van der Waals surface area contributed by atoms with Gasteiger partial charge in [0.05, 0.1) is 0 Å². The Hall–Kier alpha value is -2.29. The first-order chi connectivity index (χ1) is 11.2. The second-order valence-electron chi connectivity index (χ2n) is 5.52. The minimum Gasteiger partial charge on any atom is -0.372 e. The molecule has 0 aliphatic rings. The molecule has 0 saturated carbocycles. The number of nitrogens with zero attached hydrogens (tertiary/aromatic N) is 2. The minimum atomic E-state index is 0.0856. The fourth-order valence-electron chi connectivity index (χ4n) is 2.72. The van der Waals surface area contributed by atoms with Gasteiger partial charge < -0.3 is 9.80 Å². The Kier molecular flexibility index (Phi) is 6.21. The van der Waals surface area contributed by atoms with Gasteiger partial charge in [0, 0.05) is 37.4 Å². The van der Waals surface area contributed by atoms with Crippen LogP contribution in [0.3, 0.4) is 0 Å². The van der Waals surface area contributed by atoms with Crippen LogP contribution in [0.4, 0.5) is 5.69 Å². The van der Waals surface area contributed by atoms with Crippen molar-refractivity contribution in [3.63, 3.8) is 0 Å². The lowest BCUT2D eigenvalue weighted by atomic mass is 10.1. The second-order valence-corrected chi connectivity index (χ2v) is 5.52. The number of rotatable bonds is 7. The molecule has 0 N–H and O–H groups in total. The zero-order chi connectivity index (χ0) is 16.7. The molecule has 0 aliphatic heterocycles. The van der Waals surface area contributed by atoms with Crippen LogP contribution < -0.4 is 4.90 Å². The van der Waals surface area contributed by atoms with Crippen molar-refractivity contribution < 1.29 is 4.79 Å². The molecule has 2 aromatic carbocycles. The standard InChI is InChI=1S/C20H26N2O/c1-4-21(5-2)19-14-12-18(13-15-19)20(23)22(6-3)16-17-10-8-7-9-11-17/h7-15H,4-6,16H2,1-3H3. The van der Waals surface area contributed by atoms with E-state index in [1.807, 2.05) is 54.3 Å². The first kappa shape index (κ1) is 17.1. The van der Waals surface area contributed by atoms with E-state index < -0.39 is 0 Å². The van der Waals surface area contributed by atoms with Crippen LogP contribution in [0, 0.1) is 0 Å². The summed E-state index contributed by atoms with van der Waals surface area (Å²) in [6.07, 6.45) is 0. The van der Waals surface area contributed by atoms with Crippen LogP contribution in [-0.4, -0.2) is 30.4 Å². The van der Waals surface area contributed by atoms with Crippen molar-refractivity contribution in [1.29, 1.82) is 0 Å². The van der Waals surface area contributed by atoms with Gasteiger partial charge in [-0.2, -0.15) is 0 Å². The molecule has 2 rings (SSSR count). The maximum atomic E-state index is 12.7. The van der Waals surface area contributed by atoms with Crippen molar-refractivity contribution in [3.8, 4) is 0 Å². The molecular formula is C20H26N2O. The highest BCUT2D eigenvalue weighted by molar-refractivity contribution is 5.94. The average Bonchev–Trinajstić information content (AvgIpc) is 2.61. The molecule has 0 bridgehead atoms. The van der Waals surface area contributed by atoms with Gasteiger partial charge in [0.1, 0.15) is 0 Å². The van der Waals surface area contributed by atoms with Crippen LogP contribution >= 0.6 is 0 Å². The van der Waals surface area contributed by atoms with Crippen LogP contribution in [0.25, 0.3) is 0 Å². The summed E-state index contributed by atoms with van der Waals surface area (Å²) in [5.41, 5.74) is 3.07. The van der Waals surface area contributed by atoms with Crippen molar-refractivity contribution >= 4 is 11.6 Å². The summed E-state index contributed by atoms with van der Waals surface area (Å²) in [5.74, 6) is 0.0856. The van der Waals surface area contributed by atoms with Gasteiger partial charge in [-0.15, -0.1) is 0 Å². The third kappa shape index (κ3) is 4.35. The van der Waals surface area contributed by atoms with Crippen molar-refractivity contribution in [2.24, 2.45) is 0 Å². The Morgan fingerprint density at radius 3 is 1.96 bits per heavy atom. The lowest BCUT2D eigenvalue weighted by Crippen LogP contribution is -2.30. The molecule has 23 heavy (non-hydrogen) atoms. The minimum absolute atomic E-state index is 0.0856. The summed E-state index contributed by atoms with van der Waals surface area (Å²) in [5, 5.41) is 0. The van der Waals surface area contributed by atoms with Gasteiger partial charge in [-0.25, -0.2) is 0 Å². The molecule has 0 aromatic heterocycles. The molecular weight excluding hydrogens is 284 g/mol. The largest absolute Gasteiger partial charge is 0.372 e. The zero-order valence-electron chi connectivity index (χ0n) is 14.3. The van der Waals surface area contributed by atoms with Crippen LogP contribution in [0.5, 0.6) is 0 Å². The number of anilines is 1. The maximum absolute atomic E-state index is 12.7. The topological polar surface area (TPSA) is 23.6 Å². The number of carbonyl (C=O) groups is 1. The van der Waals surface area contributed by atoms with E-state index in [-0.39, 0.29) is 5.91 Å². The summed E-state index contributed by atoms with van der Waals surface area (Å²) < 4.78 is 0. The van der Waals surface area contributed by atoms with Gasteiger partial charge in [0.15, 0.2) is 0 Å². The third-order valence-electron chi connectivity index (χ3n) is 4.13. The van der Waals surface area contributed by atoms with E-state index in [0.29, 0.717) is 13.1 Å². The van der Waals surface area contributed by atoms with Crippen LogP contribution in [-0.2, 0) is 6.54 Å². The predicted octanol–water partition coefficient (Wildman–Crippen LogP) is 4.20. The molecule has 122 valence electrons. The van der Waals surface area contributed by atoms with E-state index in [0.717, 1.165) is 29.9 Å². The van der Waals surface area contributed by atoms with Gasteiger partial charge in [0.2, 0.25) is 0 Å². The molecule has 0 fully saturated rings. The van der Waals surface area contributed by atoms with Crippen molar-refractivity contribution in [2.45, 2.75) is 27.3 Å². The molecule has 0 heterocycles. The zero-order valence-corrected chi connectivity index (χ0v) is 14.3. The Labute approximate surface area is 139 Å². The normalized spacial score (nSPS) is 10.4. The monoisotopic (exact) mass is 310 g/mol. The summed E-state index contributed by atoms with van der Waals surface area (Å²) in [6, 6.07) is 18.1. The number of hydrogen-bond acceptors (Lipinski definition) is 2. The highest BCUT2D eigenvalue weighted by Gasteiger charge is 2.14. The molecule has 1 amide bonds. The van der Waals surface area contributed by atoms with Gasteiger partial charge in [0.25, 0.3) is 5.91 Å². The SMILES string of the molecule is CCN(Cc1ccccc1)C(=O)c1ccc(N(CC)CC)cc1. The molecule has 3 heteroatoms. The van der Waals surface area contributed by atoms with Gasteiger partial charge in [-0.3, -0.25) is 4.79 Å². The number of hydrogen-bond donors (Lipinski definition) is 0. The second kappa shape index (κ2) is 8.37. The summed E-state index contributed by atoms with van der Waals surface area (Å²) >= 11 is 0. The van der Waals surface area contributed by atoms with E-state index in [1.54, 1.807) is 0 Å². The molecule has 2 aromatic rings. The van der Waals surface area contributed by atoms with E-state index in [1.165, 1.54) is 0 Å². The summed E-state index contributed by atoms with van der Waals surface area (Å²) in [7, 11) is 0. The van der Waals surface area contributed by atoms with Crippen LogP contribution in [0.15, 0.2) is 54.6 Å². The van der Waals surface area contributed by atoms with Crippen molar-refractivity contribution in [1.82, 2.24) is 4.90 Å². The highest BCUT2D eigenvalue weighted by Crippen LogP contribution is 2.17. The Balaban J connectivity index is 2.11. The lowest BCUT2D eigenvalue weighted by Gasteiger charge is -2.23. The average molecular weight is 310 g/mol. The third-order valence-corrected chi connectivity index (χ3v) is 4.13. The van der Waals surface area contributed by atoms with Crippen molar-refractivity contribution in [2.75, 3.05) is 24.5 Å². The van der Waals surface area contributed by atoms with E-state index >= 15 is 0 Å². The summed E-state index contributed by atoms with van der Waals surface area (Å²) in [4.78, 5) is 16.9. The van der Waals surface area contributed by atoms with E-state index in [9.17, 15) is 4.79 Å². The molecule has 0 spiro atoms. The highest BCUT2D eigenvalue weighted by atomic mass is 16.2. The molecule has 0 unspecified atom stereocenters. The van der Waals surface area contributed by atoms with Crippen LogP contribution in [0.1, 0.15) is 36.7 Å². The maximum Gasteiger partial charge on any atom is 0.254 e. The molecule has 3 nitrogen and oxygen atoms in total. The first-order valence-corrected chi connectivity index (χ1v) is 8.37. The van der Waals surface area contributed by atoms with E-state index in [4.69, 9.17) is 0 Å². The first-order valence-electron chi connectivity index (χ1n) is 8.37. The quantitative estimate of drug-likeness (QED) is 0.765.